The molecule has 122 valence electrons. The largest absolute Gasteiger partial charge is 0.378 e. The van der Waals surface area contributed by atoms with E-state index in [1.165, 1.54) is 6.20 Å². The van der Waals surface area contributed by atoms with Crippen LogP contribution in [-0.4, -0.2) is 40.5 Å². The second-order valence-electron chi connectivity index (χ2n) is 6.09. The van der Waals surface area contributed by atoms with Crippen LogP contribution in [-0.2, 0) is 0 Å². The second-order valence-corrected chi connectivity index (χ2v) is 6.49. The number of pyridine rings is 1. The fraction of sp³-hybridized carbons (Fsp3) is 0.643. The van der Waals surface area contributed by atoms with Crippen molar-refractivity contribution in [1.82, 2.24) is 9.88 Å². The van der Waals surface area contributed by atoms with E-state index < -0.39 is 4.92 Å². The molecule has 2 rings (SSSR count). The maximum absolute atomic E-state index is 11.2. The minimum Gasteiger partial charge on any atom is -0.378 e. The van der Waals surface area contributed by atoms with Gasteiger partial charge in [-0.1, -0.05) is 25.4 Å². The summed E-state index contributed by atoms with van der Waals surface area (Å²) in [5.74, 6) is 0.522. The van der Waals surface area contributed by atoms with E-state index in [2.05, 4.69) is 29.0 Å². The number of piperidine rings is 1. The quantitative estimate of drug-likeness (QED) is 0.637. The number of likely N-dealkylation sites (tertiary alicyclic amines) is 1. The van der Waals surface area contributed by atoms with Crippen molar-refractivity contribution in [3.8, 4) is 0 Å². The highest BCUT2D eigenvalue weighted by Gasteiger charge is 2.26. The van der Waals surface area contributed by atoms with Crippen LogP contribution in [0, 0.1) is 16.0 Å². The molecule has 0 bridgehead atoms. The Kier molecular flexibility index (Phi) is 5.42. The number of rotatable bonds is 5. The van der Waals surface area contributed by atoms with Gasteiger partial charge in [-0.05, 0) is 18.8 Å². The van der Waals surface area contributed by atoms with E-state index in [9.17, 15) is 10.1 Å². The molecule has 7 nitrogen and oxygen atoms in total. The number of hydrogen-bond acceptors (Lipinski definition) is 6. The van der Waals surface area contributed by atoms with Crippen molar-refractivity contribution >= 4 is 28.8 Å². The summed E-state index contributed by atoms with van der Waals surface area (Å²) < 4.78 is 0. The van der Waals surface area contributed by atoms with E-state index in [4.69, 9.17) is 17.3 Å². The van der Waals surface area contributed by atoms with Gasteiger partial charge in [0.15, 0.2) is 0 Å². The number of nitrogens with zero attached hydrogens (tertiary/aromatic N) is 3. The molecule has 1 aliphatic rings. The van der Waals surface area contributed by atoms with Crippen LogP contribution in [0.5, 0.6) is 0 Å². The molecule has 0 radical (unpaired) electrons. The van der Waals surface area contributed by atoms with Crippen molar-refractivity contribution in [2.75, 3.05) is 30.7 Å². The van der Waals surface area contributed by atoms with Crippen LogP contribution < -0.4 is 11.1 Å². The van der Waals surface area contributed by atoms with E-state index in [1.54, 1.807) is 0 Å². The number of anilines is 2. The molecule has 3 N–H and O–H groups in total. The molecule has 2 heterocycles. The van der Waals surface area contributed by atoms with Gasteiger partial charge in [-0.3, -0.25) is 10.1 Å². The molecule has 0 aromatic carbocycles. The Hall–Kier alpha value is -1.60. The maximum Gasteiger partial charge on any atom is 0.335 e. The van der Waals surface area contributed by atoms with E-state index in [-0.39, 0.29) is 28.3 Å². The summed E-state index contributed by atoms with van der Waals surface area (Å²) in [6, 6.07) is 0.154. The lowest BCUT2D eigenvalue weighted by Gasteiger charge is -2.33. The van der Waals surface area contributed by atoms with E-state index in [0.29, 0.717) is 5.92 Å². The Morgan fingerprint density at radius 2 is 2.18 bits per heavy atom. The van der Waals surface area contributed by atoms with Crippen molar-refractivity contribution in [3.05, 3.63) is 21.3 Å². The Labute approximate surface area is 135 Å². The van der Waals surface area contributed by atoms with Crippen LogP contribution in [0.1, 0.15) is 26.7 Å². The van der Waals surface area contributed by atoms with Crippen molar-refractivity contribution in [3.63, 3.8) is 0 Å². The summed E-state index contributed by atoms with van der Waals surface area (Å²) >= 11 is 6.07. The molecular weight excluding hydrogens is 306 g/mol. The number of nitrogens with one attached hydrogen (secondary N) is 1. The summed E-state index contributed by atoms with van der Waals surface area (Å²) in [6.07, 6.45) is 3.19. The molecule has 0 aliphatic carbocycles. The zero-order valence-corrected chi connectivity index (χ0v) is 13.6. The molecule has 8 heteroatoms. The summed E-state index contributed by atoms with van der Waals surface area (Å²) in [6.45, 7) is 7.43. The van der Waals surface area contributed by atoms with Crippen LogP contribution in [0.25, 0.3) is 0 Å². The number of nitrogens with two attached hydrogens (primary N) is 1. The number of hydrogen-bond donors (Lipinski definition) is 2. The molecule has 0 unspecified atom stereocenters. The van der Waals surface area contributed by atoms with E-state index >= 15 is 0 Å². The van der Waals surface area contributed by atoms with E-state index in [0.717, 1.165) is 32.5 Å². The first-order valence-corrected chi connectivity index (χ1v) is 7.83. The monoisotopic (exact) mass is 327 g/mol. The zero-order chi connectivity index (χ0) is 16.3. The summed E-state index contributed by atoms with van der Waals surface area (Å²) in [5, 5.41) is 14.6. The highest BCUT2D eigenvalue weighted by molar-refractivity contribution is 6.33. The Morgan fingerprint density at radius 3 is 2.73 bits per heavy atom. The Balaban J connectivity index is 2.06. The smallest absolute Gasteiger partial charge is 0.335 e. The van der Waals surface area contributed by atoms with E-state index in [1.807, 2.05) is 0 Å². The SMILES string of the molecule is CC(C)CN1CCC(Nc2c(Cl)cnc(N)c2[N+](=O)[O-])CC1. The van der Waals surface area contributed by atoms with Crippen LogP contribution in [0.2, 0.25) is 5.02 Å². The summed E-state index contributed by atoms with van der Waals surface area (Å²) in [4.78, 5) is 16.8. The Morgan fingerprint density at radius 1 is 1.55 bits per heavy atom. The molecule has 1 aromatic heterocycles. The third kappa shape index (κ3) is 3.98. The van der Waals surface area contributed by atoms with Gasteiger partial charge < -0.3 is 16.0 Å². The molecular formula is C14H22ClN5O2. The van der Waals surface area contributed by atoms with Crippen LogP contribution >= 0.6 is 11.6 Å². The molecule has 22 heavy (non-hydrogen) atoms. The molecule has 0 atom stereocenters. The van der Waals surface area contributed by atoms with Crippen molar-refractivity contribution < 1.29 is 4.92 Å². The molecule has 1 aliphatic heterocycles. The van der Waals surface area contributed by atoms with Gasteiger partial charge in [0.05, 0.1) is 16.1 Å². The lowest BCUT2D eigenvalue weighted by atomic mass is 10.0. The summed E-state index contributed by atoms with van der Waals surface area (Å²) in [7, 11) is 0. The van der Waals surface area contributed by atoms with Gasteiger partial charge in [0, 0.05) is 25.7 Å². The summed E-state index contributed by atoms with van der Waals surface area (Å²) in [5.41, 5.74) is 5.65. The minimum absolute atomic E-state index is 0.117. The molecule has 0 saturated carbocycles. The Bertz CT molecular complexity index is 544. The highest BCUT2D eigenvalue weighted by atomic mass is 35.5. The minimum atomic E-state index is -0.537. The topological polar surface area (TPSA) is 97.3 Å². The van der Waals surface area contributed by atoms with Crippen molar-refractivity contribution in [1.29, 1.82) is 0 Å². The lowest BCUT2D eigenvalue weighted by Crippen LogP contribution is -2.40. The van der Waals surface area contributed by atoms with Crippen LogP contribution in [0.15, 0.2) is 6.20 Å². The zero-order valence-electron chi connectivity index (χ0n) is 12.9. The number of halogens is 1. The molecule has 0 spiro atoms. The average molecular weight is 328 g/mol. The van der Waals surface area contributed by atoms with Crippen LogP contribution in [0.3, 0.4) is 0 Å². The predicted molar refractivity (Wildman–Crippen MR) is 88.2 cm³/mol. The molecule has 1 fully saturated rings. The van der Waals surface area contributed by atoms with Gasteiger partial charge in [0.25, 0.3) is 0 Å². The molecule has 0 amide bonds. The van der Waals surface area contributed by atoms with Crippen molar-refractivity contribution in [2.24, 2.45) is 5.92 Å². The fourth-order valence-corrected chi connectivity index (χ4v) is 2.99. The lowest BCUT2D eigenvalue weighted by molar-refractivity contribution is -0.383. The fourth-order valence-electron chi connectivity index (χ4n) is 2.80. The normalized spacial score (nSPS) is 16.9. The van der Waals surface area contributed by atoms with Gasteiger partial charge in [-0.2, -0.15) is 0 Å². The van der Waals surface area contributed by atoms with Gasteiger partial charge in [-0.25, -0.2) is 4.98 Å². The first-order valence-electron chi connectivity index (χ1n) is 7.45. The van der Waals surface area contributed by atoms with Gasteiger partial charge in [-0.15, -0.1) is 0 Å². The van der Waals surface area contributed by atoms with Crippen molar-refractivity contribution in [2.45, 2.75) is 32.7 Å². The van der Waals surface area contributed by atoms with Crippen LogP contribution in [0.4, 0.5) is 17.2 Å². The first-order chi connectivity index (χ1) is 10.4. The van der Waals surface area contributed by atoms with Gasteiger partial charge in [0.1, 0.15) is 5.69 Å². The molecule has 1 aromatic rings. The average Bonchev–Trinajstić information content (AvgIpc) is 2.44. The highest BCUT2D eigenvalue weighted by Crippen LogP contribution is 2.36. The standard InChI is InChI=1S/C14H22ClN5O2/c1-9(2)8-19-5-3-10(4-6-19)18-12-11(15)7-17-14(16)13(12)20(21)22/h7,9-10H,3-6,8H2,1-2H3,(H3,16,17,18). The third-order valence-corrected chi connectivity index (χ3v) is 4.06. The molecule has 1 saturated heterocycles. The first kappa shape index (κ1) is 16.8. The number of aromatic nitrogens is 1. The van der Waals surface area contributed by atoms with Gasteiger partial charge >= 0.3 is 5.69 Å². The second kappa shape index (κ2) is 7.11. The third-order valence-electron chi connectivity index (χ3n) is 3.78. The maximum atomic E-state index is 11.2. The predicted octanol–water partition coefficient (Wildman–Crippen LogP) is 2.76. The number of nitrogen functional groups attached to an aromatic ring is 1. The number of nitro groups is 1. The van der Waals surface area contributed by atoms with Gasteiger partial charge in [0.2, 0.25) is 5.82 Å².